The fraction of sp³-hybridized carbons (Fsp3) is 0.600. The molecule has 0 spiro atoms. The number of halogens is 1. The fourth-order valence-electron chi connectivity index (χ4n) is 2.53. The molecule has 100 valence electrons. The molecule has 1 unspecified atom stereocenters. The van der Waals surface area contributed by atoms with E-state index in [-0.39, 0.29) is 11.9 Å². The van der Waals surface area contributed by atoms with Gasteiger partial charge in [-0.3, -0.25) is 0 Å². The maximum atomic E-state index is 13.3. The Morgan fingerprint density at radius 2 is 2.11 bits per heavy atom. The molecule has 0 radical (unpaired) electrons. The lowest BCUT2D eigenvalue weighted by atomic mass is 10.1. The summed E-state index contributed by atoms with van der Waals surface area (Å²) in [6.45, 7) is 2.77. The number of hydrogen-bond donors (Lipinski definition) is 1. The molecule has 1 fully saturated rings. The third-order valence-corrected chi connectivity index (χ3v) is 3.82. The largest absolute Gasteiger partial charge is 0.493 e. The molecule has 1 aliphatic carbocycles. The summed E-state index contributed by atoms with van der Waals surface area (Å²) in [5.41, 5.74) is 1.02. The SMILES string of the molecule is CNC(C)c1ccc(F)cc1OCC1CCCC1. The average molecular weight is 251 g/mol. The first-order valence-electron chi connectivity index (χ1n) is 6.80. The van der Waals surface area contributed by atoms with Crippen molar-refractivity contribution in [3.63, 3.8) is 0 Å². The Bertz CT molecular complexity index is 388. The molecular formula is C15H22FNO. The molecule has 1 N–H and O–H groups in total. The highest BCUT2D eigenvalue weighted by Crippen LogP contribution is 2.29. The Morgan fingerprint density at radius 1 is 1.39 bits per heavy atom. The molecule has 1 aromatic carbocycles. The smallest absolute Gasteiger partial charge is 0.126 e. The van der Waals surface area contributed by atoms with Gasteiger partial charge in [-0.05, 0) is 38.8 Å². The van der Waals surface area contributed by atoms with Crippen molar-refractivity contribution >= 4 is 0 Å². The highest BCUT2D eigenvalue weighted by molar-refractivity contribution is 5.36. The molecule has 18 heavy (non-hydrogen) atoms. The average Bonchev–Trinajstić information content (AvgIpc) is 2.88. The number of benzene rings is 1. The molecule has 2 rings (SSSR count). The first-order chi connectivity index (χ1) is 8.70. The maximum absolute atomic E-state index is 13.3. The lowest BCUT2D eigenvalue weighted by Crippen LogP contribution is -2.15. The van der Waals surface area contributed by atoms with Crippen LogP contribution in [0.15, 0.2) is 18.2 Å². The molecule has 0 heterocycles. The molecule has 0 aliphatic heterocycles. The number of rotatable bonds is 5. The monoisotopic (exact) mass is 251 g/mol. The van der Waals surface area contributed by atoms with E-state index in [0.717, 1.165) is 5.56 Å². The van der Waals surface area contributed by atoms with E-state index in [9.17, 15) is 4.39 Å². The number of ether oxygens (including phenoxy) is 1. The van der Waals surface area contributed by atoms with Gasteiger partial charge in [0.15, 0.2) is 0 Å². The molecule has 1 saturated carbocycles. The molecule has 1 atom stereocenters. The lowest BCUT2D eigenvalue weighted by molar-refractivity contribution is 0.247. The summed E-state index contributed by atoms with van der Waals surface area (Å²) in [7, 11) is 1.90. The first kappa shape index (κ1) is 13.3. The summed E-state index contributed by atoms with van der Waals surface area (Å²) in [4.78, 5) is 0. The standard InChI is InChI=1S/C15H22FNO/c1-11(17-2)14-8-7-13(16)9-15(14)18-10-12-5-3-4-6-12/h7-9,11-12,17H,3-6,10H2,1-2H3. The molecule has 0 amide bonds. The van der Waals surface area contributed by atoms with Crippen LogP contribution in [0.5, 0.6) is 5.75 Å². The van der Waals surface area contributed by atoms with Crippen molar-refractivity contribution < 1.29 is 9.13 Å². The minimum absolute atomic E-state index is 0.171. The molecule has 3 heteroatoms. The van der Waals surface area contributed by atoms with Gasteiger partial charge in [0.25, 0.3) is 0 Å². The van der Waals surface area contributed by atoms with Crippen LogP contribution in [0.2, 0.25) is 0 Å². The zero-order valence-electron chi connectivity index (χ0n) is 11.2. The zero-order chi connectivity index (χ0) is 13.0. The Hall–Kier alpha value is -1.09. The summed E-state index contributed by atoms with van der Waals surface area (Å²) in [6, 6.07) is 4.97. The highest BCUT2D eigenvalue weighted by atomic mass is 19.1. The van der Waals surface area contributed by atoms with Crippen LogP contribution in [0, 0.1) is 11.7 Å². The minimum Gasteiger partial charge on any atom is -0.493 e. The van der Waals surface area contributed by atoms with Gasteiger partial charge in [0.05, 0.1) is 6.61 Å². The van der Waals surface area contributed by atoms with Crippen LogP contribution in [0.3, 0.4) is 0 Å². The highest BCUT2D eigenvalue weighted by Gasteiger charge is 2.17. The molecule has 0 aromatic heterocycles. The zero-order valence-corrected chi connectivity index (χ0v) is 11.2. The van der Waals surface area contributed by atoms with E-state index in [4.69, 9.17) is 4.74 Å². The van der Waals surface area contributed by atoms with Gasteiger partial charge in [0.1, 0.15) is 11.6 Å². The van der Waals surface area contributed by atoms with Crippen molar-refractivity contribution in [2.24, 2.45) is 5.92 Å². The van der Waals surface area contributed by atoms with Crippen molar-refractivity contribution in [3.05, 3.63) is 29.6 Å². The van der Waals surface area contributed by atoms with Crippen LogP contribution in [-0.2, 0) is 0 Å². The van der Waals surface area contributed by atoms with Crippen molar-refractivity contribution in [1.29, 1.82) is 0 Å². The third-order valence-electron chi connectivity index (χ3n) is 3.82. The lowest BCUT2D eigenvalue weighted by Gasteiger charge is -2.18. The van der Waals surface area contributed by atoms with Crippen molar-refractivity contribution in [2.75, 3.05) is 13.7 Å². The van der Waals surface area contributed by atoms with Gasteiger partial charge in [-0.25, -0.2) is 4.39 Å². The predicted molar refractivity (Wildman–Crippen MR) is 71.3 cm³/mol. The van der Waals surface area contributed by atoms with Gasteiger partial charge in [-0.2, -0.15) is 0 Å². The van der Waals surface area contributed by atoms with E-state index in [2.05, 4.69) is 12.2 Å². The topological polar surface area (TPSA) is 21.3 Å². The molecular weight excluding hydrogens is 229 g/mol. The quantitative estimate of drug-likeness (QED) is 0.862. The Labute approximate surface area is 109 Å². The summed E-state index contributed by atoms with van der Waals surface area (Å²) in [5.74, 6) is 1.10. The Kier molecular flexibility index (Phi) is 4.59. The molecule has 1 aliphatic rings. The Morgan fingerprint density at radius 3 is 2.78 bits per heavy atom. The van der Waals surface area contributed by atoms with E-state index in [1.54, 1.807) is 6.07 Å². The van der Waals surface area contributed by atoms with E-state index >= 15 is 0 Å². The summed E-state index contributed by atoms with van der Waals surface area (Å²) < 4.78 is 19.2. The van der Waals surface area contributed by atoms with Crippen LogP contribution in [-0.4, -0.2) is 13.7 Å². The summed E-state index contributed by atoms with van der Waals surface area (Å²) >= 11 is 0. The molecule has 2 nitrogen and oxygen atoms in total. The van der Waals surface area contributed by atoms with E-state index in [0.29, 0.717) is 18.3 Å². The second kappa shape index (κ2) is 6.19. The van der Waals surface area contributed by atoms with Gasteiger partial charge in [0, 0.05) is 17.7 Å². The maximum Gasteiger partial charge on any atom is 0.126 e. The summed E-state index contributed by atoms with van der Waals surface area (Å²) in [5, 5.41) is 3.17. The van der Waals surface area contributed by atoms with E-state index in [1.165, 1.54) is 37.8 Å². The van der Waals surface area contributed by atoms with Crippen molar-refractivity contribution in [1.82, 2.24) is 5.32 Å². The predicted octanol–water partition coefficient (Wildman–Crippen LogP) is 3.68. The Balaban J connectivity index is 2.06. The summed E-state index contributed by atoms with van der Waals surface area (Å²) in [6.07, 6.45) is 5.09. The van der Waals surface area contributed by atoms with Crippen molar-refractivity contribution in [2.45, 2.75) is 38.6 Å². The second-order valence-corrected chi connectivity index (χ2v) is 5.15. The van der Waals surface area contributed by atoms with Gasteiger partial charge in [-0.1, -0.05) is 18.9 Å². The van der Waals surface area contributed by atoms with Crippen molar-refractivity contribution in [3.8, 4) is 5.75 Å². The van der Waals surface area contributed by atoms with Crippen LogP contribution >= 0.6 is 0 Å². The van der Waals surface area contributed by atoms with Gasteiger partial charge >= 0.3 is 0 Å². The minimum atomic E-state index is -0.233. The number of hydrogen-bond acceptors (Lipinski definition) is 2. The normalized spacial score (nSPS) is 17.9. The van der Waals surface area contributed by atoms with Crippen LogP contribution < -0.4 is 10.1 Å². The molecule has 0 saturated heterocycles. The first-order valence-corrected chi connectivity index (χ1v) is 6.80. The molecule has 1 aromatic rings. The number of nitrogens with one attached hydrogen (secondary N) is 1. The van der Waals surface area contributed by atoms with E-state index < -0.39 is 0 Å². The van der Waals surface area contributed by atoms with Gasteiger partial charge in [0.2, 0.25) is 0 Å². The molecule has 0 bridgehead atoms. The van der Waals surface area contributed by atoms with Gasteiger partial charge < -0.3 is 10.1 Å². The third kappa shape index (κ3) is 3.22. The second-order valence-electron chi connectivity index (χ2n) is 5.15. The van der Waals surface area contributed by atoms with Crippen LogP contribution in [0.4, 0.5) is 4.39 Å². The van der Waals surface area contributed by atoms with Crippen LogP contribution in [0.1, 0.15) is 44.2 Å². The fourth-order valence-corrected chi connectivity index (χ4v) is 2.53. The van der Waals surface area contributed by atoms with E-state index in [1.807, 2.05) is 7.05 Å². The van der Waals surface area contributed by atoms with Gasteiger partial charge in [-0.15, -0.1) is 0 Å². The van der Waals surface area contributed by atoms with Crippen LogP contribution in [0.25, 0.3) is 0 Å².